The molecule has 0 aliphatic heterocycles. The van der Waals surface area contributed by atoms with Gasteiger partial charge < -0.3 is 9.55 Å². The van der Waals surface area contributed by atoms with E-state index in [1.165, 1.54) is 12.1 Å². The molecule has 1 N–H and O–H groups in total. The van der Waals surface area contributed by atoms with Crippen LogP contribution in [0.15, 0.2) is 55.0 Å². The average molecular weight is 429 g/mol. The molecule has 4 aromatic rings. The van der Waals surface area contributed by atoms with Crippen molar-refractivity contribution in [3.8, 4) is 34.0 Å². The van der Waals surface area contributed by atoms with E-state index in [-0.39, 0.29) is 5.82 Å². The maximum absolute atomic E-state index is 13.4. The Balaban J connectivity index is 1.87. The van der Waals surface area contributed by atoms with Gasteiger partial charge in [0.1, 0.15) is 17.3 Å². The second-order valence-electron chi connectivity index (χ2n) is 7.26. The van der Waals surface area contributed by atoms with Crippen molar-refractivity contribution < 1.29 is 4.39 Å². The molecule has 0 atom stereocenters. The zero-order valence-electron chi connectivity index (χ0n) is 16.0. The number of halogens is 3. The summed E-state index contributed by atoms with van der Waals surface area (Å²) in [5, 5.41) is 0.989. The summed E-state index contributed by atoms with van der Waals surface area (Å²) in [4.78, 5) is 12.6. The molecule has 0 spiro atoms. The smallest absolute Gasteiger partial charge is 0.141 e. The molecule has 0 radical (unpaired) electrons. The number of H-pyrrole nitrogens is 1. The van der Waals surface area contributed by atoms with Crippen LogP contribution in [-0.4, -0.2) is 19.5 Å². The minimum Gasteiger partial charge on any atom is -0.337 e. The number of imidazole rings is 2. The number of hydrogen-bond acceptors (Lipinski definition) is 2. The maximum Gasteiger partial charge on any atom is 0.141 e. The predicted molar refractivity (Wildman–Crippen MR) is 115 cm³/mol. The molecule has 0 aliphatic carbocycles. The molecule has 2 aromatic heterocycles. The summed E-state index contributed by atoms with van der Waals surface area (Å²) in [6, 6.07) is 11.5. The zero-order valence-corrected chi connectivity index (χ0v) is 17.5. The minimum atomic E-state index is -0.304. The number of nitrogens with zero attached hydrogens (tertiary/aromatic N) is 3. The quantitative estimate of drug-likeness (QED) is 0.383. The van der Waals surface area contributed by atoms with Crippen molar-refractivity contribution >= 4 is 23.2 Å². The van der Waals surface area contributed by atoms with Crippen molar-refractivity contribution in [1.82, 2.24) is 19.5 Å². The Morgan fingerprint density at radius 2 is 1.76 bits per heavy atom. The van der Waals surface area contributed by atoms with E-state index in [1.54, 1.807) is 36.7 Å². The standard InChI is InChI=1S/C22H19Cl2FN4/c1-13(2)10-29-11-18(26-12-29)21-20(14-6-8-15(25)9-7-14)27-22(28-21)19-16(23)4-3-5-17(19)24/h3-9,11-13H,10H2,1-2H3,(H,27,28). The Kier molecular flexibility index (Phi) is 5.43. The molecular formula is C22H19Cl2FN4. The number of aromatic nitrogens is 4. The van der Waals surface area contributed by atoms with Gasteiger partial charge in [0.15, 0.2) is 0 Å². The number of nitrogens with one attached hydrogen (secondary N) is 1. The van der Waals surface area contributed by atoms with Crippen LogP contribution in [0.3, 0.4) is 0 Å². The van der Waals surface area contributed by atoms with Gasteiger partial charge in [0.2, 0.25) is 0 Å². The SMILES string of the molecule is CC(C)Cn1cnc(-c2[nH]c(-c3c(Cl)cccc3Cl)nc2-c2ccc(F)cc2)c1. The highest BCUT2D eigenvalue weighted by molar-refractivity contribution is 6.39. The maximum atomic E-state index is 13.4. The Hall–Kier alpha value is -2.63. The molecule has 2 aromatic carbocycles. The van der Waals surface area contributed by atoms with Gasteiger partial charge in [0.05, 0.1) is 33.3 Å². The number of benzene rings is 2. The summed E-state index contributed by atoms with van der Waals surface area (Å²) in [6.45, 7) is 5.16. The van der Waals surface area contributed by atoms with Crippen molar-refractivity contribution in [2.45, 2.75) is 20.4 Å². The first kappa shape index (κ1) is 19.7. The first-order valence-electron chi connectivity index (χ1n) is 9.25. The molecule has 0 bridgehead atoms. The summed E-state index contributed by atoms with van der Waals surface area (Å²) >= 11 is 12.8. The molecule has 0 aliphatic rings. The molecule has 4 rings (SSSR count). The third-order valence-electron chi connectivity index (χ3n) is 4.49. The van der Waals surface area contributed by atoms with Crippen LogP contribution in [0.25, 0.3) is 34.0 Å². The van der Waals surface area contributed by atoms with Gasteiger partial charge in [-0.3, -0.25) is 0 Å². The fraction of sp³-hybridized carbons (Fsp3) is 0.182. The molecule has 0 saturated heterocycles. The highest BCUT2D eigenvalue weighted by Crippen LogP contribution is 2.37. The third kappa shape index (κ3) is 4.07. The molecule has 4 nitrogen and oxygen atoms in total. The molecule has 0 amide bonds. The molecule has 29 heavy (non-hydrogen) atoms. The fourth-order valence-corrected chi connectivity index (χ4v) is 3.80. The van der Waals surface area contributed by atoms with Crippen LogP contribution in [0.2, 0.25) is 10.0 Å². The van der Waals surface area contributed by atoms with Crippen LogP contribution in [0, 0.1) is 11.7 Å². The van der Waals surface area contributed by atoms with Gasteiger partial charge in [-0.1, -0.05) is 43.1 Å². The second-order valence-corrected chi connectivity index (χ2v) is 8.08. The van der Waals surface area contributed by atoms with Gasteiger partial charge in [0, 0.05) is 18.3 Å². The van der Waals surface area contributed by atoms with Gasteiger partial charge in [-0.15, -0.1) is 0 Å². The van der Waals surface area contributed by atoms with Gasteiger partial charge >= 0.3 is 0 Å². The topological polar surface area (TPSA) is 46.5 Å². The van der Waals surface area contributed by atoms with E-state index in [0.717, 1.165) is 23.5 Å². The molecule has 0 unspecified atom stereocenters. The molecule has 148 valence electrons. The average Bonchev–Trinajstić information content (AvgIpc) is 3.29. The predicted octanol–water partition coefficient (Wildman–Crippen LogP) is 6.71. The van der Waals surface area contributed by atoms with Crippen LogP contribution in [-0.2, 0) is 6.54 Å². The van der Waals surface area contributed by atoms with Crippen LogP contribution in [0.1, 0.15) is 13.8 Å². The number of aromatic amines is 1. The molecule has 7 heteroatoms. The van der Waals surface area contributed by atoms with E-state index >= 15 is 0 Å². The summed E-state index contributed by atoms with van der Waals surface area (Å²) in [5.74, 6) is 0.725. The Morgan fingerprint density at radius 3 is 2.41 bits per heavy atom. The highest BCUT2D eigenvalue weighted by atomic mass is 35.5. The lowest BCUT2D eigenvalue weighted by atomic mass is 10.1. The van der Waals surface area contributed by atoms with Gasteiger partial charge in [-0.25, -0.2) is 14.4 Å². The second kappa shape index (κ2) is 8.01. The third-order valence-corrected chi connectivity index (χ3v) is 5.12. The van der Waals surface area contributed by atoms with Crippen LogP contribution in [0.4, 0.5) is 4.39 Å². The van der Waals surface area contributed by atoms with E-state index in [4.69, 9.17) is 28.2 Å². The molecule has 0 saturated carbocycles. The van der Waals surface area contributed by atoms with Gasteiger partial charge in [0.25, 0.3) is 0 Å². The summed E-state index contributed by atoms with van der Waals surface area (Å²) in [6.07, 6.45) is 3.77. The Bertz CT molecular complexity index is 1130. The molecule has 2 heterocycles. The normalized spacial score (nSPS) is 11.4. The summed E-state index contributed by atoms with van der Waals surface area (Å²) in [5.41, 5.74) is 3.51. The lowest BCUT2D eigenvalue weighted by Gasteiger charge is -2.04. The van der Waals surface area contributed by atoms with E-state index in [0.29, 0.717) is 33.0 Å². The monoisotopic (exact) mass is 428 g/mol. The zero-order chi connectivity index (χ0) is 20.5. The Labute approximate surface area is 178 Å². The largest absolute Gasteiger partial charge is 0.337 e. The fourth-order valence-electron chi connectivity index (χ4n) is 3.23. The first-order chi connectivity index (χ1) is 13.9. The van der Waals surface area contributed by atoms with Crippen LogP contribution >= 0.6 is 23.2 Å². The minimum absolute atomic E-state index is 0.304. The lowest BCUT2D eigenvalue weighted by molar-refractivity contribution is 0.523. The van der Waals surface area contributed by atoms with E-state index in [1.807, 2.05) is 10.8 Å². The van der Waals surface area contributed by atoms with E-state index in [9.17, 15) is 4.39 Å². The highest BCUT2D eigenvalue weighted by Gasteiger charge is 2.20. The van der Waals surface area contributed by atoms with Crippen molar-refractivity contribution in [3.63, 3.8) is 0 Å². The number of rotatable bonds is 5. The van der Waals surface area contributed by atoms with E-state index in [2.05, 4.69) is 23.8 Å². The van der Waals surface area contributed by atoms with Crippen LogP contribution in [0.5, 0.6) is 0 Å². The summed E-state index contributed by atoms with van der Waals surface area (Å²) < 4.78 is 15.5. The van der Waals surface area contributed by atoms with Gasteiger partial charge in [-0.2, -0.15) is 0 Å². The summed E-state index contributed by atoms with van der Waals surface area (Å²) in [7, 11) is 0. The molecule has 0 fully saturated rings. The van der Waals surface area contributed by atoms with Crippen molar-refractivity contribution in [2.24, 2.45) is 5.92 Å². The Morgan fingerprint density at radius 1 is 1.07 bits per heavy atom. The lowest BCUT2D eigenvalue weighted by Crippen LogP contribution is -2.01. The van der Waals surface area contributed by atoms with Crippen LogP contribution < -0.4 is 0 Å². The molecular weight excluding hydrogens is 410 g/mol. The van der Waals surface area contributed by atoms with Crippen molar-refractivity contribution in [1.29, 1.82) is 0 Å². The number of hydrogen-bond donors (Lipinski definition) is 1. The first-order valence-corrected chi connectivity index (χ1v) is 10.0. The van der Waals surface area contributed by atoms with Gasteiger partial charge in [-0.05, 0) is 42.3 Å². The van der Waals surface area contributed by atoms with Crippen molar-refractivity contribution in [3.05, 3.63) is 70.9 Å². The van der Waals surface area contributed by atoms with Crippen molar-refractivity contribution in [2.75, 3.05) is 0 Å². The van der Waals surface area contributed by atoms with E-state index < -0.39 is 0 Å².